The van der Waals surface area contributed by atoms with E-state index in [2.05, 4.69) is 50.7 Å². The van der Waals surface area contributed by atoms with Crippen molar-refractivity contribution < 1.29 is 9.53 Å². The summed E-state index contributed by atoms with van der Waals surface area (Å²) in [6.45, 7) is 1.90. The molecule has 6 unspecified atom stereocenters. The summed E-state index contributed by atoms with van der Waals surface area (Å²) in [5, 5.41) is -0.142. The van der Waals surface area contributed by atoms with E-state index in [4.69, 9.17) is 27.1 Å². The molecule has 0 fully saturated rings. The maximum atomic E-state index is 11.9. The van der Waals surface area contributed by atoms with Crippen molar-refractivity contribution in [2.24, 2.45) is 33.5 Å². The lowest BCUT2D eigenvalue weighted by Crippen LogP contribution is -2.36. The van der Waals surface area contributed by atoms with Crippen LogP contribution in [-0.2, 0) is 0 Å². The van der Waals surface area contributed by atoms with Crippen molar-refractivity contribution in [2.45, 2.75) is 37.6 Å². The van der Waals surface area contributed by atoms with Crippen LogP contribution in [0.5, 0.6) is 5.75 Å². The maximum Gasteiger partial charge on any atom is 0.197 e. The number of carbonyl (C=O) groups excluding carboxylic acids is 1. The predicted octanol–water partition coefficient (Wildman–Crippen LogP) is 5.67. The van der Waals surface area contributed by atoms with Crippen LogP contribution in [0.1, 0.15) is 35.2 Å². The van der Waals surface area contributed by atoms with Gasteiger partial charge >= 0.3 is 0 Å². The molecule has 2 aliphatic heterocycles. The summed E-state index contributed by atoms with van der Waals surface area (Å²) in [7, 11) is 2.21. The Kier molecular flexibility index (Phi) is 7.02. The van der Waals surface area contributed by atoms with Gasteiger partial charge in [-0.1, -0.05) is 51.8 Å². The number of nitrogens with zero attached hydrogens (tertiary/aromatic N) is 2. The average molecular weight is 506 g/mol. The second-order valence-electron chi connectivity index (χ2n) is 9.43. The molecule has 4 aliphatic rings. The summed E-state index contributed by atoms with van der Waals surface area (Å²) < 4.78 is 6.08. The highest BCUT2D eigenvalue weighted by atomic mass is 35.5. The lowest BCUT2D eigenvalue weighted by Gasteiger charge is -2.34. The summed E-state index contributed by atoms with van der Waals surface area (Å²) in [5.74, 6) is 1.93. The third-order valence-electron chi connectivity index (χ3n) is 7.06. The molecule has 0 aromatic heterocycles. The van der Waals surface area contributed by atoms with Gasteiger partial charge in [0, 0.05) is 42.3 Å². The number of nitrogens with two attached hydrogens (primary N) is 1. The number of fused-ring (bicyclic) bond motifs is 1. The first-order chi connectivity index (χ1) is 16.9. The summed E-state index contributed by atoms with van der Waals surface area (Å²) >= 11 is 6.84. The van der Waals surface area contributed by atoms with Crippen LogP contribution in [0, 0.1) is 24.7 Å². The summed E-state index contributed by atoms with van der Waals surface area (Å²) in [5.41, 5.74) is 11.1. The van der Waals surface area contributed by atoms with Crippen molar-refractivity contribution in [2.75, 3.05) is 0 Å². The summed E-state index contributed by atoms with van der Waals surface area (Å²) in [4.78, 5) is 20.9. The highest BCUT2D eigenvalue weighted by Gasteiger charge is 2.34. The van der Waals surface area contributed by atoms with Crippen LogP contribution in [-0.4, -0.2) is 29.1 Å². The molecule has 6 atom stereocenters. The minimum absolute atomic E-state index is 0.0724. The third kappa shape index (κ3) is 5.18. The molecule has 1 aromatic carbocycles. The van der Waals surface area contributed by atoms with E-state index >= 15 is 0 Å². The zero-order valence-electron chi connectivity index (χ0n) is 19.6. The number of alkyl halides is 1. The Balaban J connectivity index is 1.35. The number of benzene rings is 1. The number of rotatable bonds is 4. The number of hydrogen-bond donors (Lipinski definition) is 1. The van der Waals surface area contributed by atoms with Crippen molar-refractivity contribution >= 4 is 38.5 Å². The highest BCUT2D eigenvalue weighted by Crippen LogP contribution is 2.40. The largest absolute Gasteiger partial charge is 0.443 e. The van der Waals surface area contributed by atoms with Gasteiger partial charge in [0.2, 0.25) is 0 Å². The number of ether oxygens (including phenoxy) is 1. The second-order valence-corrected chi connectivity index (χ2v) is 10.5. The SMILES string of the molecule is Cc1ccc(OC2=NC3=CC(C4C=CC(C5C=CN=CC5)=CC4)C(Cl)C=C3C(N)C2)cc1C(=O)P. The summed E-state index contributed by atoms with van der Waals surface area (Å²) in [6, 6.07) is 5.24. The fourth-order valence-electron chi connectivity index (χ4n) is 5.05. The summed E-state index contributed by atoms with van der Waals surface area (Å²) in [6.07, 6.45) is 19.4. The Bertz CT molecular complexity index is 1260. The van der Waals surface area contributed by atoms with Crippen molar-refractivity contribution in [3.05, 3.63) is 88.8 Å². The Hall–Kier alpha value is -2.59. The van der Waals surface area contributed by atoms with Gasteiger partial charge in [-0.15, -0.1) is 11.6 Å². The van der Waals surface area contributed by atoms with E-state index in [1.807, 2.05) is 31.5 Å². The zero-order chi connectivity index (χ0) is 24.5. The standard InChI is InChI=1S/C28H29ClN3O2P/c1-16-2-7-20(12-21(16)28(33)35)34-27-15-25(30)23-13-24(29)22(14-26(23)32-27)19-5-3-17(4-6-19)18-8-10-31-11-9-18/h2-5,7-8,10-14,18-19,22,24-25H,6,9,15,30,35H2,1H3. The van der Waals surface area contributed by atoms with Crippen molar-refractivity contribution in [1.82, 2.24) is 0 Å². The number of carbonyl (C=O) groups is 1. The fraction of sp³-hybridized carbons (Fsp3) is 0.321. The molecule has 2 N–H and O–H groups in total. The lowest BCUT2D eigenvalue weighted by atomic mass is 9.77. The maximum absolute atomic E-state index is 11.9. The third-order valence-corrected chi connectivity index (χ3v) is 7.78. The van der Waals surface area contributed by atoms with Crippen LogP contribution in [0.2, 0.25) is 0 Å². The van der Waals surface area contributed by atoms with Gasteiger partial charge in [0.05, 0.1) is 11.1 Å². The molecule has 0 saturated carbocycles. The molecule has 5 rings (SSSR count). The van der Waals surface area contributed by atoms with Crippen molar-refractivity contribution in [3.63, 3.8) is 0 Å². The average Bonchev–Trinajstić information content (AvgIpc) is 2.86. The van der Waals surface area contributed by atoms with Gasteiger partial charge in [-0.2, -0.15) is 0 Å². The smallest absolute Gasteiger partial charge is 0.197 e. The molecule has 2 aliphatic carbocycles. The van der Waals surface area contributed by atoms with Crippen molar-refractivity contribution in [1.29, 1.82) is 0 Å². The minimum atomic E-state index is -0.239. The van der Waals surface area contributed by atoms with Crippen LogP contribution in [0.3, 0.4) is 0 Å². The molecular formula is C28H29ClN3O2P. The molecule has 2 heterocycles. The number of aryl methyl sites for hydroxylation is 1. The second kappa shape index (κ2) is 10.2. The van der Waals surface area contributed by atoms with Gasteiger partial charge in [0.15, 0.2) is 11.4 Å². The molecule has 1 aromatic rings. The van der Waals surface area contributed by atoms with E-state index in [0.29, 0.717) is 35.5 Å². The van der Waals surface area contributed by atoms with Gasteiger partial charge in [-0.3, -0.25) is 9.79 Å². The fourth-order valence-corrected chi connectivity index (χ4v) is 5.76. The number of halogens is 1. The molecule has 5 nitrogen and oxygen atoms in total. The number of allylic oxidation sites excluding steroid dienone is 7. The van der Waals surface area contributed by atoms with Crippen LogP contribution in [0.15, 0.2) is 87.7 Å². The molecule has 7 heteroatoms. The van der Waals surface area contributed by atoms with E-state index < -0.39 is 0 Å². The first-order valence-electron chi connectivity index (χ1n) is 11.9. The van der Waals surface area contributed by atoms with Gasteiger partial charge in [-0.05, 0) is 54.5 Å². The van der Waals surface area contributed by atoms with Crippen LogP contribution < -0.4 is 10.5 Å². The zero-order valence-corrected chi connectivity index (χ0v) is 21.5. The molecule has 0 radical (unpaired) electrons. The quantitative estimate of drug-likeness (QED) is 0.423. The van der Waals surface area contributed by atoms with Crippen LogP contribution in [0.25, 0.3) is 0 Å². The molecule has 0 spiro atoms. The van der Waals surface area contributed by atoms with E-state index in [9.17, 15) is 4.79 Å². The Morgan fingerprint density at radius 1 is 1.23 bits per heavy atom. The Morgan fingerprint density at radius 2 is 2.09 bits per heavy atom. The Morgan fingerprint density at radius 3 is 2.80 bits per heavy atom. The van der Waals surface area contributed by atoms with Gasteiger partial charge in [0.1, 0.15) is 5.75 Å². The number of hydrogen-bond acceptors (Lipinski definition) is 5. The molecule has 0 bridgehead atoms. The Labute approximate surface area is 213 Å². The van der Waals surface area contributed by atoms with Crippen LogP contribution in [0.4, 0.5) is 0 Å². The van der Waals surface area contributed by atoms with Gasteiger partial charge < -0.3 is 10.5 Å². The van der Waals surface area contributed by atoms with Crippen molar-refractivity contribution in [3.8, 4) is 5.75 Å². The number of aliphatic imine (C=N–C) groups is 2. The lowest BCUT2D eigenvalue weighted by molar-refractivity contribution is 0.108. The van der Waals surface area contributed by atoms with Crippen LogP contribution >= 0.6 is 20.8 Å². The first-order valence-corrected chi connectivity index (χ1v) is 13.0. The molecule has 35 heavy (non-hydrogen) atoms. The monoisotopic (exact) mass is 505 g/mol. The molecule has 0 saturated heterocycles. The molecular weight excluding hydrogens is 477 g/mol. The highest BCUT2D eigenvalue weighted by molar-refractivity contribution is 7.41. The van der Waals surface area contributed by atoms with Gasteiger partial charge in [0.25, 0.3) is 0 Å². The van der Waals surface area contributed by atoms with Gasteiger partial charge in [-0.25, -0.2) is 4.99 Å². The topological polar surface area (TPSA) is 77.0 Å². The van der Waals surface area contributed by atoms with E-state index in [1.165, 1.54) is 5.57 Å². The predicted molar refractivity (Wildman–Crippen MR) is 146 cm³/mol. The van der Waals surface area contributed by atoms with E-state index in [-0.39, 0.29) is 22.9 Å². The van der Waals surface area contributed by atoms with E-state index in [1.54, 1.807) is 6.07 Å². The van der Waals surface area contributed by atoms with E-state index in [0.717, 1.165) is 29.7 Å². The first kappa shape index (κ1) is 24.1. The molecule has 0 amide bonds. The minimum Gasteiger partial charge on any atom is -0.443 e. The normalized spacial score (nSPS) is 29.5. The molecule has 180 valence electrons.